The van der Waals surface area contributed by atoms with Crippen LogP contribution in [0.5, 0.6) is 0 Å². The molecule has 0 bridgehead atoms. The van der Waals surface area contributed by atoms with Crippen molar-refractivity contribution < 1.29 is 32.0 Å². The van der Waals surface area contributed by atoms with Gasteiger partial charge in [0.2, 0.25) is 11.5 Å². The number of aromatic nitrogens is 1. The molecular weight excluding hydrogens is 341 g/mol. The van der Waals surface area contributed by atoms with Crippen LogP contribution >= 0.6 is 0 Å². The topological polar surface area (TPSA) is 115 Å². The van der Waals surface area contributed by atoms with Crippen molar-refractivity contribution in [1.29, 1.82) is 0 Å². The fraction of sp³-hybridized carbons (Fsp3) is 0.267. The molecule has 1 fully saturated rings. The van der Waals surface area contributed by atoms with E-state index in [2.05, 4.69) is 5.16 Å². The van der Waals surface area contributed by atoms with Gasteiger partial charge < -0.3 is 9.63 Å². The van der Waals surface area contributed by atoms with Gasteiger partial charge in [0.15, 0.2) is 15.6 Å². The molecule has 1 aliphatic carbocycles. The normalized spacial score (nSPS) is 14.6. The Balaban J connectivity index is 2.10. The third-order valence-electron chi connectivity index (χ3n) is 3.71. The van der Waals surface area contributed by atoms with Crippen LogP contribution in [0.3, 0.4) is 0 Å². The summed E-state index contributed by atoms with van der Waals surface area (Å²) in [6.45, 7) is 0. The van der Waals surface area contributed by atoms with E-state index in [1.54, 1.807) is 0 Å². The minimum Gasteiger partial charge on any atom is -0.476 e. The molecule has 0 saturated heterocycles. The van der Waals surface area contributed by atoms with E-state index in [1.807, 2.05) is 0 Å². The Morgan fingerprint density at radius 2 is 2.00 bits per heavy atom. The van der Waals surface area contributed by atoms with Gasteiger partial charge in [0.25, 0.3) is 0 Å². The summed E-state index contributed by atoms with van der Waals surface area (Å²) in [5.74, 6) is -3.38. The molecule has 3 rings (SSSR count). The molecule has 1 N–H and O–H groups in total. The van der Waals surface area contributed by atoms with E-state index >= 15 is 0 Å². The van der Waals surface area contributed by atoms with Crippen molar-refractivity contribution in [2.75, 3.05) is 6.26 Å². The molecule has 1 aromatic carbocycles. The van der Waals surface area contributed by atoms with Crippen molar-refractivity contribution in [3.05, 3.63) is 46.6 Å². The minimum atomic E-state index is -3.63. The first kappa shape index (κ1) is 16.3. The third kappa shape index (κ3) is 2.82. The fourth-order valence-corrected chi connectivity index (χ4v) is 2.97. The summed E-state index contributed by atoms with van der Waals surface area (Å²) < 4.78 is 42.1. The molecule has 7 nitrogen and oxygen atoms in total. The number of benzene rings is 1. The predicted molar refractivity (Wildman–Crippen MR) is 78.4 cm³/mol. The van der Waals surface area contributed by atoms with Crippen LogP contribution in [0, 0.1) is 5.82 Å². The lowest BCUT2D eigenvalue weighted by Crippen LogP contribution is -2.12. The average molecular weight is 353 g/mol. The summed E-state index contributed by atoms with van der Waals surface area (Å²) in [6.07, 6.45) is 2.37. The molecule has 1 saturated carbocycles. The van der Waals surface area contributed by atoms with Crippen LogP contribution in [-0.4, -0.2) is 36.7 Å². The molecule has 0 aliphatic heterocycles. The Morgan fingerprint density at radius 3 is 2.50 bits per heavy atom. The maximum Gasteiger partial charge on any atom is 0.358 e. The second kappa shape index (κ2) is 5.52. The molecule has 9 heteroatoms. The summed E-state index contributed by atoms with van der Waals surface area (Å²) in [5, 5.41) is 12.5. The van der Waals surface area contributed by atoms with E-state index in [4.69, 9.17) is 9.63 Å². The number of sulfone groups is 1. The molecule has 0 spiro atoms. The Bertz CT molecular complexity index is 958. The lowest BCUT2D eigenvalue weighted by molar-refractivity contribution is 0.0682. The van der Waals surface area contributed by atoms with Gasteiger partial charge in [-0.05, 0) is 31.0 Å². The lowest BCUT2D eigenvalue weighted by Gasteiger charge is -2.05. The minimum absolute atomic E-state index is 0.108. The van der Waals surface area contributed by atoms with Gasteiger partial charge in [-0.25, -0.2) is 17.6 Å². The van der Waals surface area contributed by atoms with Gasteiger partial charge in [0.1, 0.15) is 11.4 Å². The van der Waals surface area contributed by atoms with Crippen molar-refractivity contribution in [1.82, 2.24) is 5.16 Å². The summed E-state index contributed by atoms with van der Waals surface area (Å²) in [7, 11) is -3.63. The van der Waals surface area contributed by atoms with Gasteiger partial charge in [-0.15, -0.1) is 0 Å². The van der Waals surface area contributed by atoms with Crippen LogP contribution in [0.2, 0.25) is 0 Å². The van der Waals surface area contributed by atoms with Gasteiger partial charge in [-0.3, -0.25) is 4.79 Å². The van der Waals surface area contributed by atoms with Crippen LogP contribution in [0.15, 0.2) is 27.6 Å². The number of rotatable bonds is 5. The van der Waals surface area contributed by atoms with Gasteiger partial charge in [-0.1, -0.05) is 5.16 Å². The number of carboxylic acid groups (broad SMARTS) is 1. The van der Waals surface area contributed by atoms with Crippen molar-refractivity contribution in [3.63, 3.8) is 0 Å². The molecule has 0 unspecified atom stereocenters. The number of nitrogens with zero attached hydrogens (tertiary/aromatic N) is 1. The first-order chi connectivity index (χ1) is 11.2. The van der Waals surface area contributed by atoms with E-state index in [9.17, 15) is 22.4 Å². The second-order valence-corrected chi connectivity index (χ2v) is 7.61. The zero-order chi connectivity index (χ0) is 17.6. The average Bonchev–Trinajstić information content (AvgIpc) is 3.23. The summed E-state index contributed by atoms with van der Waals surface area (Å²) in [4.78, 5) is 23.6. The molecule has 1 aromatic heterocycles. The van der Waals surface area contributed by atoms with Crippen molar-refractivity contribution in [2.24, 2.45) is 0 Å². The number of aromatic carboxylic acids is 1. The monoisotopic (exact) mass is 353 g/mol. The maximum atomic E-state index is 14.2. The van der Waals surface area contributed by atoms with Gasteiger partial charge in [0.05, 0.1) is 10.5 Å². The van der Waals surface area contributed by atoms with E-state index < -0.39 is 38.7 Å². The predicted octanol–water partition coefficient (Wildman–Crippen LogP) is 2.02. The zero-order valence-electron chi connectivity index (χ0n) is 12.4. The quantitative estimate of drug-likeness (QED) is 0.818. The molecular formula is C15H12FNO6S. The number of ketones is 1. The highest BCUT2D eigenvalue weighted by molar-refractivity contribution is 7.90. The largest absolute Gasteiger partial charge is 0.476 e. The first-order valence-corrected chi connectivity index (χ1v) is 8.86. The van der Waals surface area contributed by atoms with E-state index in [1.165, 1.54) is 0 Å². The Labute approximate surface area is 136 Å². The Morgan fingerprint density at radius 1 is 1.33 bits per heavy atom. The van der Waals surface area contributed by atoms with Crippen molar-refractivity contribution >= 4 is 21.6 Å². The van der Waals surface area contributed by atoms with Crippen molar-refractivity contribution in [3.8, 4) is 0 Å². The SMILES string of the molecule is CS(=O)(=O)c1ccc(C(=O)c2c(C(=O)O)noc2C2CC2)c(F)c1. The molecule has 24 heavy (non-hydrogen) atoms. The van der Waals surface area contributed by atoms with Crippen LogP contribution in [0.1, 0.15) is 50.9 Å². The molecule has 0 radical (unpaired) electrons. The summed E-state index contributed by atoms with van der Waals surface area (Å²) in [5.41, 5.74) is -1.29. The number of carboxylic acids is 1. The van der Waals surface area contributed by atoms with Crippen molar-refractivity contribution in [2.45, 2.75) is 23.7 Å². The maximum absolute atomic E-state index is 14.2. The number of hydrogen-bond acceptors (Lipinski definition) is 6. The Kier molecular flexibility index (Phi) is 3.75. The third-order valence-corrected chi connectivity index (χ3v) is 4.82. The van der Waals surface area contributed by atoms with Crippen LogP contribution in [0.4, 0.5) is 4.39 Å². The van der Waals surface area contributed by atoms with E-state index in [0.717, 1.165) is 37.3 Å². The highest BCUT2D eigenvalue weighted by Crippen LogP contribution is 2.43. The summed E-state index contributed by atoms with van der Waals surface area (Å²) in [6, 6.07) is 2.84. The number of carbonyl (C=O) groups excluding carboxylic acids is 1. The first-order valence-electron chi connectivity index (χ1n) is 6.97. The molecule has 0 amide bonds. The number of hydrogen-bond donors (Lipinski definition) is 1. The molecule has 1 aliphatic rings. The Hall–Kier alpha value is -2.55. The van der Waals surface area contributed by atoms with Gasteiger partial charge in [0, 0.05) is 12.2 Å². The lowest BCUT2D eigenvalue weighted by atomic mass is 9.99. The smallest absolute Gasteiger partial charge is 0.358 e. The fourth-order valence-electron chi connectivity index (χ4n) is 2.34. The zero-order valence-corrected chi connectivity index (χ0v) is 13.3. The van der Waals surface area contributed by atoms with Crippen LogP contribution < -0.4 is 0 Å². The standard InChI is InChI=1S/C15H12FNO6S/c1-24(21,22)8-4-5-9(10(16)6-8)13(18)11-12(15(19)20)17-23-14(11)7-2-3-7/h4-7H,2-3H2,1H3,(H,19,20). The van der Waals surface area contributed by atoms with Crippen LogP contribution in [0.25, 0.3) is 0 Å². The highest BCUT2D eigenvalue weighted by Gasteiger charge is 2.37. The van der Waals surface area contributed by atoms with Crippen LogP contribution in [-0.2, 0) is 9.84 Å². The number of carbonyl (C=O) groups is 2. The second-order valence-electron chi connectivity index (χ2n) is 5.59. The van der Waals surface area contributed by atoms with Gasteiger partial charge >= 0.3 is 5.97 Å². The molecule has 2 aromatic rings. The number of halogens is 1. The summed E-state index contributed by atoms with van der Waals surface area (Å²) >= 11 is 0. The van der Waals surface area contributed by atoms with Gasteiger partial charge in [-0.2, -0.15) is 0 Å². The molecule has 0 atom stereocenters. The molecule has 1 heterocycles. The highest BCUT2D eigenvalue weighted by atomic mass is 32.2. The molecule has 126 valence electrons. The van der Waals surface area contributed by atoms with E-state index in [0.29, 0.717) is 0 Å². The van der Waals surface area contributed by atoms with E-state index in [-0.39, 0.29) is 22.1 Å².